The molecule has 5 N–H and O–H groups in total. The quantitative estimate of drug-likeness (QED) is 0.449. The molecule has 0 saturated carbocycles. The summed E-state index contributed by atoms with van der Waals surface area (Å²) in [4.78, 5) is 21.8. The van der Waals surface area contributed by atoms with Crippen molar-refractivity contribution >= 4 is 11.9 Å². The van der Waals surface area contributed by atoms with Gasteiger partial charge in [-0.05, 0) is 19.3 Å². The van der Waals surface area contributed by atoms with E-state index in [9.17, 15) is 9.59 Å². The molecular formula is C10H20N2O4. The number of nitrogens with one attached hydrogen (secondary N) is 1. The number of hydrogen-bond acceptors (Lipinski definition) is 4. The summed E-state index contributed by atoms with van der Waals surface area (Å²) in [6, 6.07) is -0.905. The fourth-order valence-electron chi connectivity index (χ4n) is 1.25. The molecule has 6 nitrogen and oxygen atoms in total. The van der Waals surface area contributed by atoms with E-state index in [0.29, 0.717) is 12.8 Å². The molecule has 1 amide bonds. The minimum atomic E-state index is -0.967. The topological polar surface area (TPSA) is 113 Å². The first-order valence-corrected chi connectivity index (χ1v) is 5.39. The second-order valence-electron chi connectivity index (χ2n) is 3.66. The Labute approximate surface area is 94.8 Å². The number of aliphatic hydroxyl groups is 1. The molecule has 94 valence electrons. The van der Waals surface area contributed by atoms with Crippen LogP contribution in [0.15, 0.2) is 0 Å². The van der Waals surface area contributed by atoms with Gasteiger partial charge in [-0.3, -0.25) is 9.59 Å². The fraction of sp³-hybridized carbons (Fsp3) is 0.800. The lowest BCUT2D eigenvalue weighted by atomic mass is 10.1. The predicted octanol–water partition coefficient (Wildman–Crippen LogP) is -0.544. The van der Waals surface area contributed by atoms with Gasteiger partial charge in [-0.2, -0.15) is 0 Å². The fourth-order valence-corrected chi connectivity index (χ4v) is 1.25. The smallest absolute Gasteiger partial charge is 0.303 e. The van der Waals surface area contributed by atoms with Gasteiger partial charge in [-0.25, -0.2) is 0 Å². The molecule has 0 spiro atoms. The molecule has 0 aromatic rings. The van der Waals surface area contributed by atoms with E-state index in [0.717, 1.165) is 0 Å². The Morgan fingerprint density at radius 3 is 2.44 bits per heavy atom. The lowest BCUT2D eigenvalue weighted by Crippen LogP contribution is -2.45. The average Bonchev–Trinajstić information content (AvgIpc) is 2.24. The van der Waals surface area contributed by atoms with E-state index in [1.165, 1.54) is 0 Å². The SMILES string of the molecule is CCC(CCO)NC(=O)C(N)CCC(=O)O. The van der Waals surface area contributed by atoms with E-state index in [-0.39, 0.29) is 31.4 Å². The van der Waals surface area contributed by atoms with Crippen LogP contribution in [0, 0.1) is 0 Å². The van der Waals surface area contributed by atoms with Crippen LogP contribution in [0.3, 0.4) is 0 Å². The van der Waals surface area contributed by atoms with Crippen LogP contribution < -0.4 is 11.1 Å². The van der Waals surface area contributed by atoms with E-state index in [1.54, 1.807) is 0 Å². The molecule has 0 aromatic carbocycles. The van der Waals surface area contributed by atoms with Crippen molar-refractivity contribution in [2.75, 3.05) is 6.61 Å². The van der Waals surface area contributed by atoms with Gasteiger partial charge >= 0.3 is 5.97 Å². The summed E-state index contributed by atoms with van der Waals surface area (Å²) in [6.45, 7) is 1.90. The van der Waals surface area contributed by atoms with Crippen LogP contribution in [-0.4, -0.2) is 40.8 Å². The van der Waals surface area contributed by atoms with E-state index < -0.39 is 12.0 Å². The summed E-state index contributed by atoms with van der Waals surface area (Å²) < 4.78 is 0. The number of aliphatic hydroxyl groups excluding tert-OH is 1. The minimum Gasteiger partial charge on any atom is -0.481 e. The standard InChI is InChI=1S/C10H20N2O4/c1-2-7(5-6-13)12-10(16)8(11)3-4-9(14)15/h7-8,13H,2-6,11H2,1H3,(H,12,16)(H,14,15). The van der Waals surface area contributed by atoms with Gasteiger partial charge in [0.05, 0.1) is 6.04 Å². The highest BCUT2D eigenvalue weighted by atomic mass is 16.4. The zero-order valence-electron chi connectivity index (χ0n) is 9.48. The first-order chi connectivity index (χ1) is 7.51. The van der Waals surface area contributed by atoms with E-state index in [2.05, 4.69) is 5.32 Å². The molecule has 0 radical (unpaired) electrons. The lowest BCUT2D eigenvalue weighted by Gasteiger charge is -2.18. The molecule has 6 heteroatoms. The molecule has 0 rings (SSSR count). The Morgan fingerprint density at radius 2 is 2.00 bits per heavy atom. The van der Waals surface area contributed by atoms with Gasteiger partial charge in [-0.1, -0.05) is 6.92 Å². The summed E-state index contributed by atoms with van der Waals surface area (Å²) in [5, 5.41) is 19.8. The number of hydrogen-bond donors (Lipinski definition) is 4. The molecule has 0 aromatic heterocycles. The first kappa shape index (κ1) is 14.9. The zero-order valence-corrected chi connectivity index (χ0v) is 9.48. The third-order valence-corrected chi connectivity index (χ3v) is 2.32. The Kier molecular flexibility index (Phi) is 7.49. The number of rotatable bonds is 8. The maximum atomic E-state index is 11.5. The number of nitrogens with two attached hydrogens (primary N) is 1. The lowest BCUT2D eigenvalue weighted by molar-refractivity contribution is -0.137. The van der Waals surface area contributed by atoms with Gasteiger partial charge < -0.3 is 21.3 Å². The normalized spacial score (nSPS) is 14.2. The molecule has 2 unspecified atom stereocenters. The van der Waals surface area contributed by atoms with Crippen molar-refractivity contribution in [1.29, 1.82) is 0 Å². The molecule has 0 aliphatic rings. The number of amides is 1. The highest BCUT2D eigenvalue weighted by molar-refractivity contribution is 5.82. The van der Waals surface area contributed by atoms with Gasteiger partial charge in [0, 0.05) is 19.1 Å². The van der Waals surface area contributed by atoms with Gasteiger partial charge in [0.25, 0.3) is 0 Å². The van der Waals surface area contributed by atoms with Gasteiger partial charge in [0.15, 0.2) is 0 Å². The molecule has 2 atom stereocenters. The minimum absolute atomic E-state index is 0.00313. The summed E-state index contributed by atoms with van der Waals surface area (Å²) in [6.07, 6.45) is 1.19. The number of carboxylic acid groups (broad SMARTS) is 1. The third-order valence-electron chi connectivity index (χ3n) is 2.32. The van der Waals surface area contributed by atoms with E-state index in [1.807, 2.05) is 6.92 Å². The van der Waals surface area contributed by atoms with Crippen molar-refractivity contribution in [3.63, 3.8) is 0 Å². The van der Waals surface area contributed by atoms with Crippen LogP contribution >= 0.6 is 0 Å². The van der Waals surface area contributed by atoms with Gasteiger partial charge in [0.1, 0.15) is 0 Å². The number of carbonyl (C=O) groups is 2. The van der Waals surface area contributed by atoms with E-state index in [4.69, 9.17) is 15.9 Å². The van der Waals surface area contributed by atoms with Crippen molar-refractivity contribution in [2.24, 2.45) is 5.73 Å². The van der Waals surface area contributed by atoms with Crippen LogP contribution in [0.4, 0.5) is 0 Å². The van der Waals surface area contributed by atoms with E-state index >= 15 is 0 Å². The highest BCUT2D eigenvalue weighted by Crippen LogP contribution is 2.00. The van der Waals surface area contributed by atoms with Crippen molar-refractivity contribution < 1.29 is 19.8 Å². The molecule has 0 aliphatic heterocycles. The van der Waals surface area contributed by atoms with Crippen LogP contribution in [0.25, 0.3) is 0 Å². The Balaban J connectivity index is 3.97. The second-order valence-corrected chi connectivity index (χ2v) is 3.66. The largest absolute Gasteiger partial charge is 0.481 e. The summed E-state index contributed by atoms with van der Waals surface area (Å²) >= 11 is 0. The molecule has 0 fully saturated rings. The Hall–Kier alpha value is -1.14. The van der Waals surface area contributed by atoms with Crippen molar-refractivity contribution in [3.05, 3.63) is 0 Å². The molecule has 0 bridgehead atoms. The van der Waals surface area contributed by atoms with Crippen molar-refractivity contribution in [3.8, 4) is 0 Å². The maximum absolute atomic E-state index is 11.5. The van der Waals surface area contributed by atoms with Crippen molar-refractivity contribution in [1.82, 2.24) is 5.32 Å². The highest BCUT2D eigenvalue weighted by Gasteiger charge is 2.17. The summed E-state index contributed by atoms with van der Waals surface area (Å²) in [5.41, 5.74) is 5.53. The van der Waals surface area contributed by atoms with Gasteiger partial charge in [-0.15, -0.1) is 0 Å². The van der Waals surface area contributed by atoms with Crippen LogP contribution in [0.5, 0.6) is 0 Å². The Morgan fingerprint density at radius 1 is 1.38 bits per heavy atom. The summed E-state index contributed by atoms with van der Waals surface area (Å²) in [7, 11) is 0. The molecular weight excluding hydrogens is 212 g/mol. The number of aliphatic carboxylic acids is 1. The van der Waals surface area contributed by atoms with Crippen LogP contribution in [0.1, 0.15) is 32.6 Å². The van der Waals surface area contributed by atoms with Crippen LogP contribution in [-0.2, 0) is 9.59 Å². The molecule has 0 saturated heterocycles. The molecule has 0 heterocycles. The number of carboxylic acids is 1. The van der Waals surface area contributed by atoms with Crippen molar-refractivity contribution in [2.45, 2.75) is 44.7 Å². The maximum Gasteiger partial charge on any atom is 0.303 e. The second kappa shape index (κ2) is 8.06. The third kappa shape index (κ3) is 6.36. The number of carbonyl (C=O) groups excluding carboxylic acids is 1. The van der Waals surface area contributed by atoms with Gasteiger partial charge in [0.2, 0.25) is 5.91 Å². The Bertz CT molecular complexity index is 233. The first-order valence-electron chi connectivity index (χ1n) is 5.39. The zero-order chi connectivity index (χ0) is 12.6. The molecule has 0 aliphatic carbocycles. The molecule has 16 heavy (non-hydrogen) atoms. The summed E-state index contributed by atoms with van der Waals surface area (Å²) in [5.74, 6) is -1.33. The average molecular weight is 232 g/mol. The van der Waals surface area contributed by atoms with Crippen LogP contribution in [0.2, 0.25) is 0 Å². The monoisotopic (exact) mass is 232 g/mol. The predicted molar refractivity (Wildman–Crippen MR) is 58.8 cm³/mol.